The Bertz CT molecular complexity index is 291. The van der Waals surface area contributed by atoms with E-state index < -0.39 is 5.60 Å². The zero-order valence-corrected chi connectivity index (χ0v) is 13.6. The molecule has 1 atom stereocenters. The van der Waals surface area contributed by atoms with E-state index in [1.54, 1.807) is 7.11 Å². The van der Waals surface area contributed by atoms with Crippen molar-refractivity contribution in [3.05, 3.63) is 11.6 Å². The van der Waals surface area contributed by atoms with Crippen LogP contribution in [0, 0.1) is 0 Å². The third-order valence-corrected chi connectivity index (χ3v) is 3.96. The Morgan fingerprint density at radius 2 is 2.05 bits per heavy atom. The highest BCUT2D eigenvalue weighted by molar-refractivity contribution is 4.95. The lowest BCUT2D eigenvalue weighted by atomic mass is 10.00. The molecular formula is C16H32N2O2. The van der Waals surface area contributed by atoms with E-state index in [4.69, 9.17) is 4.74 Å². The number of likely N-dealkylation sites (tertiary alicyclic amines) is 1. The van der Waals surface area contributed by atoms with Gasteiger partial charge in [0, 0.05) is 39.3 Å². The molecule has 0 radical (unpaired) electrons. The molecule has 118 valence electrons. The molecule has 0 aromatic carbocycles. The van der Waals surface area contributed by atoms with Crippen molar-refractivity contribution < 1.29 is 9.84 Å². The van der Waals surface area contributed by atoms with Crippen LogP contribution >= 0.6 is 0 Å². The summed E-state index contributed by atoms with van der Waals surface area (Å²) in [6, 6.07) is 0.534. The molecule has 0 aromatic heterocycles. The highest BCUT2D eigenvalue weighted by Gasteiger charge is 2.23. The molecule has 1 heterocycles. The Hall–Kier alpha value is -0.420. The van der Waals surface area contributed by atoms with E-state index in [2.05, 4.69) is 30.1 Å². The van der Waals surface area contributed by atoms with Crippen LogP contribution in [0.3, 0.4) is 0 Å². The summed E-state index contributed by atoms with van der Waals surface area (Å²) in [5, 5.41) is 13.7. The van der Waals surface area contributed by atoms with Gasteiger partial charge in [-0.05, 0) is 46.7 Å². The van der Waals surface area contributed by atoms with E-state index in [0.717, 1.165) is 32.5 Å². The van der Waals surface area contributed by atoms with Gasteiger partial charge in [-0.25, -0.2) is 0 Å². The highest BCUT2D eigenvalue weighted by Crippen LogP contribution is 2.13. The minimum atomic E-state index is -0.671. The number of nitrogens with zero attached hydrogens (tertiary/aromatic N) is 1. The lowest BCUT2D eigenvalue weighted by Gasteiger charge is -2.34. The zero-order valence-electron chi connectivity index (χ0n) is 13.6. The molecule has 2 N–H and O–H groups in total. The number of piperidine rings is 1. The van der Waals surface area contributed by atoms with Gasteiger partial charge in [-0.2, -0.15) is 0 Å². The number of hydrogen-bond donors (Lipinski definition) is 2. The molecule has 4 nitrogen and oxygen atoms in total. The van der Waals surface area contributed by atoms with Crippen LogP contribution in [0.4, 0.5) is 0 Å². The van der Waals surface area contributed by atoms with Gasteiger partial charge in [-0.3, -0.25) is 4.90 Å². The van der Waals surface area contributed by atoms with Crippen LogP contribution in [-0.4, -0.2) is 61.5 Å². The highest BCUT2D eigenvalue weighted by atomic mass is 16.5. The summed E-state index contributed by atoms with van der Waals surface area (Å²) in [6.07, 6.45) is 5.30. The summed E-state index contributed by atoms with van der Waals surface area (Å²) < 4.78 is 5.03. The fourth-order valence-electron chi connectivity index (χ4n) is 2.41. The summed E-state index contributed by atoms with van der Waals surface area (Å²) in [5.41, 5.74) is 0.717. The van der Waals surface area contributed by atoms with Gasteiger partial charge in [0.05, 0.1) is 5.60 Å². The third-order valence-electron chi connectivity index (χ3n) is 3.96. The SMILES string of the molecule is COCCC(C)(O)CNC1CCN(CC=C(C)C)CC1. The summed E-state index contributed by atoms with van der Waals surface area (Å²) in [7, 11) is 1.67. The first-order valence-electron chi connectivity index (χ1n) is 7.73. The molecule has 4 heteroatoms. The van der Waals surface area contributed by atoms with Gasteiger partial charge in [0.25, 0.3) is 0 Å². The predicted octanol–water partition coefficient (Wildman–Crippen LogP) is 1.79. The van der Waals surface area contributed by atoms with Crippen LogP contribution in [0.5, 0.6) is 0 Å². The number of methoxy groups -OCH3 is 1. The second-order valence-corrected chi connectivity index (χ2v) is 6.48. The monoisotopic (exact) mass is 284 g/mol. The molecule has 1 rings (SSSR count). The number of allylic oxidation sites excluding steroid dienone is 1. The van der Waals surface area contributed by atoms with Crippen molar-refractivity contribution >= 4 is 0 Å². The van der Waals surface area contributed by atoms with Gasteiger partial charge < -0.3 is 15.2 Å². The number of rotatable bonds is 8. The Labute approximate surface area is 124 Å². The van der Waals surface area contributed by atoms with E-state index in [1.807, 2.05) is 6.92 Å². The fourth-order valence-corrected chi connectivity index (χ4v) is 2.41. The van der Waals surface area contributed by atoms with E-state index in [0.29, 0.717) is 25.6 Å². The van der Waals surface area contributed by atoms with E-state index >= 15 is 0 Å². The van der Waals surface area contributed by atoms with Gasteiger partial charge in [0.2, 0.25) is 0 Å². The van der Waals surface area contributed by atoms with Crippen LogP contribution in [0.15, 0.2) is 11.6 Å². The summed E-state index contributed by atoms with van der Waals surface area (Å²) in [6.45, 7) is 10.8. The average molecular weight is 284 g/mol. The molecule has 1 aliphatic rings. The van der Waals surface area contributed by atoms with E-state index in [9.17, 15) is 5.11 Å². The second kappa shape index (κ2) is 8.78. The standard InChI is InChI=1S/C16H32N2O2/c1-14(2)5-9-18-10-6-15(7-11-18)17-13-16(3,19)8-12-20-4/h5,15,17,19H,6-13H2,1-4H3. The van der Waals surface area contributed by atoms with Crippen molar-refractivity contribution in [2.24, 2.45) is 0 Å². The largest absolute Gasteiger partial charge is 0.389 e. The molecule has 1 unspecified atom stereocenters. The van der Waals surface area contributed by atoms with Gasteiger partial charge >= 0.3 is 0 Å². The van der Waals surface area contributed by atoms with Crippen LogP contribution in [0.2, 0.25) is 0 Å². The summed E-state index contributed by atoms with van der Waals surface area (Å²) in [4.78, 5) is 2.49. The van der Waals surface area contributed by atoms with Crippen molar-refractivity contribution in [1.82, 2.24) is 10.2 Å². The van der Waals surface area contributed by atoms with Crippen molar-refractivity contribution in [1.29, 1.82) is 0 Å². The second-order valence-electron chi connectivity index (χ2n) is 6.48. The minimum Gasteiger partial charge on any atom is -0.389 e. The number of ether oxygens (including phenoxy) is 1. The molecule has 20 heavy (non-hydrogen) atoms. The minimum absolute atomic E-state index is 0.534. The Morgan fingerprint density at radius 1 is 1.40 bits per heavy atom. The molecule has 1 saturated heterocycles. The smallest absolute Gasteiger partial charge is 0.0765 e. The topological polar surface area (TPSA) is 44.7 Å². The van der Waals surface area contributed by atoms with E-state index in [1.165, 1.54) is 5.57 Å². The predicted molar refractivity (Wildman–Crippen MR) is 84.0 cm³/mol. The van der Waals surface area contributed by atoms with Crippen LogP contribution in [0.25, 0.3) is 0 Å². The quantitative estimate of drug-likeness (QED) is 0.667. The molecule has 0 bridgehead atoms. The Kier molecular flexibility index (Phi) is 7.74. The Morgan fingerprint density at radius 3 is 2.60 bits per heavy atom. The molecule has 0 amide bonds. The Balaban J connectivity index is 2.20. The van der Waals surface area contributed by atoms with Crippen LogP contribution in [-0.2, 0) is 4.74 Å². The first-order valence-corrected chi connectivity index (χ1v) is 7.73. The first-order chi connectivity index (χ1) is 9.43. The van der Waals surface area contributed by atoms with Gasteiger partial charge in [-0.15, -0.1) is 0 Å². The summed E-state index contributed by atoms with van der Waals surface area (Å²) in [5.74, 6) is 0. The molecule has 0 aliphatic carbocycles. The summed E-state index contributed by atoms with van der Waals surface area (Å²) >= 11 is 0. The van der Waals surface area contributed by atoms with Gasteiger partial charge in [0.15, 0.2) is 0 Å². The molecule has 1 fully saturated rings. The van der Waals surface area contributed by atoms with Crippen LogP contribution in [0.1, 0.15) is 40.0 Å². The van der Waals surface area contributed by atoms with Gasteiger partial charge in [0.1, 0.15) is 0 Å². The lowest BCUT2D eigenvalue weighted by Crippen LogP contribution is -2.47. The number of aliphatic hydroxyl groups is 1. The maximum atomic E-state index is 10.2. The van der Waals surface area contributed by atoms with Crippen molar-refractivity contribution in [2.75, 3.05) is 39.9 Å². The fraction of sp³-hybridized carbons (Fsp3) is 0.875. The van der Waals surface area contributed by atoms with Crippen molar-refractivity contribution in [3.63, 3.8) is 0 Å². The van der Waals surface area contributed by atoms with E-state index in [-0.39, 0.29) is 0 Å². The molecule has 0 saturated carbocycles. The zero-order chi connectivity index (χ0) is 15.0. The van der Waals surface area contributed by atoms with Gasteiger partial charge in [-0.1, -0.05) is 11.6 Å². The maximum Gasteiger partial charge on any atom is 0.0765 e. The molecule has 1 aliphatic heterocycles. The lowest BCUT2D eigenvalue weighted by molar-refractivity contribution is 0.0208. The number of nitrogens with one attached hydrogen (secondary N) is 1. The molecule has 0 spiro atoms. The average Bonchev–Trinajstić information content (AvgIpc) is 2.42. The molecule has 0 aromatic rings. The van der Waals surface area contributed by atoms with Crippen molar-refractivity contribution in [3.8, 4) is 0 Å². The first kappa shape index (κ1) is 17.6. The van der Waals surface area contributed by atoms with Crippen molar-refractivity contribution in [2.45, 2.75) is 51.7 Å². The normalized spacial score (nSPS) is 20.6. The molecular weight excluding hydrogens is 252 g/mol. The van der Waals surface area contributed by atoms with Crippen LogP contribution < -0.4 is 5.32 Å². The number of hydrogen-bond acceptors (Lipinski definition) is 4. The third kappa shape index (κ3) is 7.39. The maximum absolute atomic E-state index is 10.2.